The lowest BCUT2D eigenvalue weighted by Crippen LogP contribution is -2.48. The molecule has 2 aromatic heterocycles. The second-order valence-electron chi connectivity index (χ2n) is 6.62. The third kappa shape index (κ3) is 3.74. The molecule has 0 unspecified atom stereocenters. The maximum Gasteiger partial charge on any atom is 0.227 e. The summed E-state index contributed by atoms with van der Waals surface area (Å²) in [5.41, 5.74) is 2.93. The molecule has 0 atom stereocenters. The van der Waals surface area contributed by atoms with Gasteiger partial charge in [-0.2, -0.15) is 0 Å². The second-order valence-corrected chi connectivity index (χ2v) is 7.03. The van der Waals surface area contributed by atoms with Crippen LogP contribution in [0.2, 0.25) is 5.02 Å². The number of nitrogens with zero attached hydrogens (tertiary/aromatic N) is 4. The molecule has 1 saturated heterocycles. The number of carbonyl (C=O) groups excluding carboxylic acids is 1. The first-order valence-electron chi connectivity index (χ1n) is 8.85. The summed E-state index contributed by atoms with van der Waals surface area (Å²) in [7, 11) is 0. The van der Waals surface area contributed by atoms with E-state index in [-0.39, 0.29) is 5.91 Å². The van der Waals surface area contributed by atoms with Gasteiger partial charge in [-0.15, -0.1) is 0 Å². The van der Waals surface area contributed by atoms with Crippen molar-refractivity contribution >= 4 is 23.2 Å². The van der Waals surface area contributed by atoms with E-state index in [2.05, 4.69) is 16.1 Å². The zero-order valence-electron chi connectivity index (χ0n) is 14.5. The lowest BCUT2D eigenvalue weighted by atomic mass is 10.1. The van der Waals surface area contributed by atoms with E-state index in [1.54, 1.807) is 0 Å². The molecule has 1 aliphatic heterocycles. The number of piperazine rings is 1. The van der Waals surface area contributed by atoms with Crippen molar-refractivity contribution < 1.29 is 4.79 Å². The van der Waals surface area contributed by atoms with E-state index >= 15 is 0 Å². The number of rotatable bonds is 4. The van der Waals surface area contributed by atoms with Crippen LogP contribution in [0.5, 0.6) is 0 Å². The number of hydrogen-bond donors (Lipinski definition) is 0. The van der Waals surface area contributed by atoms with Gasteiger partial charge in [0.25, 0.3) is 0 Å². The lowest BCUT2D eigenvalue weighted by molar-refractivity contribution is -0.132. The first-order chi connectivity index (χ1) is 12.7. The molecule has 0 N–H and O–H groups in total. The molecular formula is C20H21ClN4O. The predicted octanol–water partition coefficient (Wildman–Crippen LogP) is 2.87. The van der Waals surface area contributed by atoms with E-state index in [9.17, 15) is 4.79 Å². The zero-order chi connectivity index (χ0) is 17.9. The van der Waals surface area contributed by atoms with Crippen molar-refractivity contribution in [2.75, 3.05) is 26.2 Å². The summed E-state index contributed by atoms with van der Waals surface area (Å²) < 4.78 is 2.04. The number of benzene rings is 1. The maximum atomic E-state index is 12.5. The molecule has 3 heterocycles. The Morgan fingerprint density at radius 1 is 1.04 bits per heavy atom. The Bertz CT molecular complexity index is 882. The van der Waals surface area contributed by atoms with E-state index in [4.69, 9.17) is 11.6 Å². The molecule has 0 spiro atoms. The monoisotopic (exact) mass is 368 g/mol. The fraction of sp³-hybridized carbons (Fsp3) is 0.300. The standard InChI is InChI=1S/C20H21ClN4O/c21-18-6-2-1-5-16(18)13-20(26)24-11-9-23(10-12-24)14-17-15-25-8-4-3-7-19(25)22-17/h1-8,15H,9-14H2. The Hall–Kier alpha value is -2.37. The Morgan fingerprint density at radius 2 is 1.81 bits per heavy atom. The fourth-order valence-electron chi connectivity index (χ4n) is 3.36. The van der Waals surface area contributed by atoms with Crippen LogP contribution in [0.1, 0.15) is 11.3 Å². The van der Waals surface area contributed by atoms with Crippen LogP contribution in [0.25, 0.3) is 5.65 Å². The van der Waals surface area contributed by atoms with Crippen molar-refractivity contribution in [1.82, 2.24) is 19.2 Å². The topological polar surface area (TPSA) is 40.9 Å². The highest BCUT2D eigenvalue weighted by molar-refractivity contribution is 6.31. The van der Waals surface area contributed by atoms with Gasteiger partial charge in [0, 0.05) is 50.1 Å². The minimum Gasteiger partial charge on any atom is -0.340 e. The van der Waals surface area contributed by atoms with Gasteiger partial charge >= 0.3 is 0 Å². The molecule has 1 aromatic carbocycles. The number of pyridine rings is 1. The molecule has 26 heavy (non-hydrogen) atoms. The van der Waals surface area contributed by atoms with Crippen LogP contribution in [0.3, 0.4) is 0 Å². The number of amides is 1. The van der Waals surface area contributed by atoms with Gasteiger partial charge in [0.2, 0.25) is 5.91 Å². The number of halogens is 1. The largest absolute Gasteiger partial charge is 0.340 e. The molecule has 4 rings (SSSR count). The molecule has 5 nitrogen and oxygen atoms in total. The first-order valence-corrected chi connectivity index (χ1v) is 9.23. The summed E-state index contributed by atoms with van der Waals surface area (Å²) in [5.74, 6) is 0.144. The van der Waals surface area contributed by atoms with Crippen molar-refractivity contribution in [2.45, 2.75) is 13.0 Å². The number of aromatic nitrogens is 2. The molecule has 1 aliphatic rings. The molecule has 3 aromatic rings. The van der Waals surface area contributed by atoms with Gasteiger partial charge in [-0.05, 0) is 23.8 Å². The van der Waals surface area contributed by atoms with E-state index in [0.717, 1.165) is 49.6 Å². The lowest BCUT2D eigenvalue weighted by Gasteiger charge is -2.34. The average Bonchev–Trinajstić information content (AvgIpc) is 3.06. The van der Waals surface area contributed by atoms with Gasteiger partial charge in [0.1, 0.15) is 5.65 Å². The Balaban J connectivity index is 1.32. The molecule has 0 radical (unpaired) electrons. The number of imidazole rings is 1. The minimum absolute atomic E-state index is 0.144. The third-order valence-electron chi connectivity index (χ3n) is 4.82. The van der Waals surface area contributed by atoms with E-state index < -0.39 is 0 Å². The highest BCUT2D eigenvalue weighted by Crippen LogP contribution is 2.17. The van der Waals surface area contributed by atoms with Gasteiger partial charge in [0.05, 0.1) is 12.1 Å². The van der Waals surface area contributed by atoms with Crippen molar-refractivity contribution in [3.8, 4) is 0 Å². The molecule has 0 aliphatic carbocycles. The van der Waals surface area contributed by atoms with E-state index in [1.165, 1.54) is 0 Å². The summed E-state index contributed by atoms with van der Waals surface area (Å²) in [4.78, 5) is 21.5. The quantitative estimate of drug-likeness (QED) is 0.711. The van der Waals surface area contributed by atoms with Crippen LogP contribution in [0, 0.1) is 0 Å². The first kappa shape index (κ1) is 17.1. The normalized spacial score (nSPS) is 15.5. The molecule has 0 saturated carbocycles. The van der Waals surface area contributed by atoms with Gasteiger partial charge in [-0.25, -0.2) is 4.98 Å². The SMILES string of the molecule is O=C(Cc1ccccc1Cl)N1CCN(Cc2cn3ccccc3n2)CC1. The molecular weight excluding hydrogens is 348 g/mol. The Morgan fingerprint density at radius 3 is 2.58 bits per heavy atom. The molecule has 134 valence electrons. The highest BCUT2D eigenvalue weighted by Gasteiger charge is 2.22. The van der Waals surface area contributed by atoms with Gasteiger partial charge in [-0.3, -0.25) is 9.69 Å². The minimum atomic E-state index is 0.144. The molecule has 6 heteroatoms. The van der Waals surface area contributed by atoms with Gasteiger partial charge in [0.15, 0.2) is 0 Å². The zero-order valence-corrected chi connectivity index (χ0v) is 15.3. The summed E-state index contributed by atoms with van der Waals surface area (Å²) in [6.45, 7) is 4.03. The molecule has 0 bridgehead atoms. The summed E-state index contributed by atoms with van der Waals surface area (Å²) in [6, 6.07) is 13.6. The van der Waals surface area contributed by atoms with E-state index in [1.807, 2.05) is 58.0 Å². The number of fused-ring (bicyclic) bond motifs is 1. The summed E-state index contributed by atoms with van der Waals surface area (Å²) in [5, 5.41) is 0.659. The number of hydrogen-bond acceptors (Lipinski definition) is 3. The van der Waals surface area contributed by atoms with Crippen molar-refractivity contribution in [2.24, 2.45) is 0 Å². The summed E-state index contributed by atoms with van der Waals surface area (Å²) in [6.07, 6.45) is 4.45. The van der Waals surface area contributed by atoms with Crippen LogP contribution in [0.15, 0.2) is 54.9 Å². The van der Waals surface area contributed by atoms with Crippen LogP contribution in [0.4, 0.5) is 0 Å². The predicted molar refractivity (Wildman–Crippen MR) is 102 cm³/mol. The number of carbonyl (C=O) groups is 1. The smallest absolute Gasteiger partial charge is 0.227 e. The van der Waals surface area contributed by atoms with Gasteiger partial charge < -0.3 is 9.30 Å². The van der Waals surface area contributed by atoms with Crippen molar-refractivity contribution in [1.29, 1.82) is 0 Å². The highest BCUT2D eigenvalue weighted by atomic mass is 35.5. The van der Waals surface area contributed by atoms with Crippen LogP contribution < -0.4 is 0 Å². The molecule has 1 amide bonds. The second kappa shape index (κ2) is 7.48. The molecule has 1 fully saturated rings. The van der Waals surface area contributed by atoms with Crippen LogP contribution in [-0.2, 0) is 17.8 Å². The maximum absolute atomic E-state index is 12.5. The Kier molecular flexibility index (Phi) is 4.91. The third-order valence-corrected chi connectivity index (χ3v) is 5.19. The Labute approximate surface area is 157 Å². The van der Waals surface area contributed by atoms with Crippen molar-refractivity contribution in [3.05, 3.63) is 71.1 Å². The average molecular weight is 369 g/mol. The van der Waals surface area contributed by atoms with Crippen molar-refractivity contribution in [3.63, 3.8) is 0 Å². The van der Waals surface area contributed by atoms with Crippen LogP contribution >= 0.6 is 11.6 Å². The fourth-order valence-corrected chi connectivity index (χ4v) is 3.57. The van der Waals surface area contributed by atoms with E-state index in [0.29, 0.717) is 11.4 Å². The van der Waals surface area contributed by atoms with Crippen LogP contribution in [-0.4, -0.2) is 51.3 Å². The van der Waals surface area contributed by atoms with Gasteiger partial charge in [-0.1, -0.05) is 35.9 Å². The summed E-state index contributed by atoms with van der Waals surface area (Å²) >= 11 is 6.17.